The van der Waals surface area contributed by atoms with Crippen LogP contribution >= 0.6 is 11.3 Å². The molecule has 0 spiro atoms. The normalized spacial score (nSPS) is 18.7. The first-order valence-corrected chi connectivity index (χ1v) is 14.1. The molecule has 1 fully saturated rings. The van der Waals surface area contributed by atoms with Crippen molar-refractivity contribution in [2.75, 3.05) is 37.7 Å². The van der Waals surface area contributed by atoms with E-state index in [4.69, 9.17) is 4.74 Å². The molecule has 2 N–H and O–H groups in total. The summed E-state index contributed by atoms with van der Waals surface area (Å²) in [7, 11) is 0. The average Bonchev–Trinajstić information content (AvgIpc) is 3.25. The summed E-state index contributed by atoms with van der Waals surface area (Å²) in [5.74, 6) is 0.253. The number of ether oxygens (including phenoxy) is 1. The lowest BCUT2D eigenvalue weighted by atomic mass is 9.93. The van der Waals surface area contributed by atoms with Crippen molar-refractivity contribution in [3.05, 3.63) is 45.2 Å². The Balaban J connectivity index is 1.53. The maximum atomic E-state index is 14.4. The second kappa shape index (κ2) is 11.1. The first-order chi connectivity index (χ1) is 18.2. The van der Waals surface area contributed by atoms with Gasteiger partial charge in [-0.2, -0.15) is 0 Å². The Kier molecular flexibility index (Phi) is 7.81. The van der Waals surface area contributed by atoms with Crippen molar-refractivity contribution in [1.82, 2.24) is 15.2 Å². The van der Waals surface area contributed by atoms with Gasteiger partial charge < -0.3 is 19.9 Å². The van der Waals surface area contributed by atoms with Crippen molar-refractivity contribution < 1.29 is 18.3 Å². The molecule has 0 atom stereocenters. The summed E-state index contributed by atoms with van der Waals surface area (Å²) in [6.45, 7) is 8.21. The van der Waals surface area contributed by atoms with Crippen LogP contribution < -0.4 is 10.2 Å². The van der Waals surface area contributed by atoms with E-state index >= 15 is 0 Å². The highest BCUT2D eigenvalue weighted by Crippen LogP contribution is 2.42. The van der Waals surface area contributed by atoms with Crippen LogP contribution in [0.25, 0.3) is 10.4 Å². The fourth-order valence-corrected chi connectivity index (χ4v) is 6.66. The van der Waals surface area contributed by atoms with Gasteiger partial charge in [0.2, 0.25) is 5.91 Å². The van der Waals surface area contributed by atoms with Gasteiger partial charge in [0.1, 0.15) is 5.84 Å². The second-order valence-electron chi connectivity index (χ2n) is 10.3. The number of nitrogens with one attached hydrogen (secondary N) is 2. The van der Waals surface area contributed by atoms with E-state index in [1.165, 1.54) is 11.3 Å². The summed E-state index contributed by atoms with van der Waals surface area (Å²) in [5, 5.41) is 13.8. The van der Waals surface area contributed by atoms with Gasteiger partial charge in [-0.1, -0.05) is 0 Å². The molecule has 38 heavy (non-hydrogen) atoms. The average molecular weight is 544 g/mol. The molecule has 1 aromatic carbocycles. The predicted molar refractivity (Wildman–Crippen MR) is 146 cm³/mol. The summed E-state index contributed by atoms with van der Waals surface area (Å²) >= 11 is 1.44. The molecular formula is C28H35F2N5O2S. The van der Waals surface area contributed by atoms with Gasteiger partial charge in [-0.05, 0) is 57.2 Å². The number of amides is 1. The molecule has 0 radical (unpaired) electrons. The van der Waals surface area contributed by atoms with Gasteiger partial charge in [-0.3, -0.25) is 10.2 Å². The fraction of sp³-hybridized carbons (Fsp3) is 0.536. The van der Waals surface area contributed by atoms with E-state index in [-0.39, 0.29) is 23.3 Å². The van der Waals surface area contributed by atoms with Crippen LogP contribution in [0.4, 0.5) is 14.5 Å². The first kappa shape index (κ1) is 26.7. The number of thiazole rings is 1. The molecule has 0 unspecified atom stereocenters. The topological polar surface area (TPSA) is 81.6 Å². The second-order valence-corrected chi connectivity index (χ2v) is 11.5. The summed E-state index contributed by atoms with van der Waals surface area (Å²) in [5.41, 5.74) is 4.64. The number of halogens is 2. The van der Waals surface area contributed by atoms with Crippen molar-refractivity contribution in [2.45, 2.75) is 65.3 Å². The van der Waals surface area contributed by atoms with E-state index in [0.717, 1.165) is 58.1 Å². The molecule has 1 saturated heterocycles. The van der Waals surface area contributed by atoms with Crippen LogP contribution in [0.1, 0.15) is 60.9 Å². The van der Waals surface area contributed by atoms with E-state index in [0.29, 0.717) is 50.5 Å². The quantitative estimate of drug-likeness (QED) is 0.392. The summed E-state index contributed by atoms with van der Waals surface area (Å²) in [4.78, 5) is 21.1. The Morgan fingerprint density at radius 2 is 1.97 bits per heavy atom. The fourth-order valence-electron chi connectivity index (χ4n) is 5.70. The third kappa shape index (κ3) is 5.33. The number of aryl methyl sites for hydroxylation is 3. The van der Waals surface area contributed by atoms with Gasteiger partial charge in [0, 0.05) is 73.8 Å². The maximum Gasteiger partial charge on any atom is 0.264 e. The Morgan fingerprint density at radius 1 is 1.21 bits per heavy atom. The number of carbonyl (C=O) groups excluding carboxylic acids is 1. The zero-order chi connectivity index (χ0) is 27.0. The van der Waals surface area contributed by atoms with E-state index in [1.54, 1.807) is 17.9 Å². The number of anilines is 1. The molecule has 204 valence electrons. The number of hydrogen-bond acceptors (Lipinski definition) is 6. The van der Waals surface area contributed by atoms with Gasteiger partial charge in [0.25, 0.3) is 6.43 Å². The molecule has 3 aliphatic heterocycles. The number of fused-ring (bicyclic) bond motifs is 1. The standard InChI is InChI=1S/C28H35F2N5O2S/c1-16-26(38-17(2)32-16)21-13-19-5-4-9-35(25(19)14-22(21)27(29)30)28(31)23-15-34(18(3)36)10-6-24(23)33-20-7-11-37-12-8-20/h13-14,20,27,31,33H,4-12,15H2,1-3H3. The Hall–Kier alpha value is -2.85. The minimum atomic E-state index is -2.65. The van der Waals surface area contributed by atoms with Crippen LogP contribution in [0.5, 0.6) is 0 Å². The number of alkyl halides is 2. The van der Waals surface area contributed by atoms with Crippen LogP contribution in [0.15, 0.2) is 23.4 Å². The van der Waals surface area contributed by atoms with Crippen molar-refractivity contribution >= 4 is 28.8 Å². The molecule has 5 rings (SSSR count). The molecule has 7 nitrogen and oxygen atoms in total. The SMILES string of the molecule is CC(=O)N1CCC(NC2CCOCC2)=C(C(=N)N2CCCc3cc(-c4sc(C)nc4C)c(C(F)F)cc32)C1. The Morgan fingerprint density at radius 3 is 2.63 bits per heavy atom. The number of hydrogen-bond donors (Lipinski definition) is 2. The van der Waals surface area contributed by atoms with Gasteiger partial charge in [-0.15, -0.1) is 11.3 Å². The van der Waals surface area contributed by atoms with Crippen molar-refractivity contribution in [3.63, 3.8) is 0 Å². The minimum absolute atomic E-state index is 0.0284. The number of benzene rings is 1. The molecule has 0 aliphatic carbocycles. The third-order valence-electron chi connectivity index (χ3n) is 7.70. The summed E-state index contributed by atoms with van der Waals surface area (Å²) < 4.78 is 34.3. The molecule has 2 aromatic rings. The predicted octanol–water partition coefficient (Wildman–Crippen LogP) is 5.37. The van der Waals surface area contributed by atoms with Crippen LogP contribution in [-0.2, 0) is 16.0 Å². The van der Waals surface area contributed by atoms with Gasteiger partial charge in [0.05, 0.1) is 22.1 Å². The van der Waals surface area contributed by atoms with Gasteiger partial charge in [-0.25, -0.2) is 13.8 Å². The van der Waals surface area contributed by atoms with E-state index in [9.17, 15) is 19.0 Å². The van der Waals surface area contributed by atoms with Crippen LogP contribution in [-0.4, -0.2) is 60.5 Å². The molecule has 1 aromatic heterocycles. The third-order valence-corrected chi connectivity index (χ3v) is 8.80. The van der Waals surface area contributed by atoms with E-state index in [1.807, 2.05) is 24.8 Å². The number of amidine groups is 1. The van der Waals surface area contributed by atoms with Crippen LogP contribution in [0, 0.1) is 19.3 Å². The Labute approximate surface area is 226 Å². The molecule has 4 heterocycles. The minimum Gasteiger partial charge on any atom is -0.385 e. The first-order valence-electron chi connectivity index (χ1n) is 13.3. The maximum absolute atomic E-state index is 14.4. The molecular weight excluding hydrogens is 508 g/mol. The van der Waals surface area contributed by atoms with Crippen molar-refractivity contribution in [1.29, 1.82) is 5.41 Å². The zero-order valence-electron chi connectivity index (χ0n) is 22.2. The largest absolute Gasteiger partial charge is 0.385 e. The summed E-state index contributed by atoms with van der Waals surface area (Å²) in [6, 6.07) is 3.72. The number of nitrogens with zero attached hydrogens (tertiary/aromatic N) is 3. The van der Waals surface area contributed by atoms with Crippen molar-refractivity contribution in [3.8, 4) is 10.4 Å². The lowest BCUT2D eigenvalue weighted by Gasteiger charge is -2.38. The van der Waals surface area contributed by atoms with Crippen LogP contribution in [0.2, 0.25) is 0 Å². The van der Waals surface area contributed by atoms with E-state index < -0.39 is 6.43 Å². The molecule has 0 bridgehead atoms. The Bertz CT molecular complexity index is 1270. The van der Waals surface area contributed by atoms with Gasteiger partial charge >= 0.3 is 0 Å². The van der Waals surface area contributed by atoms with Crippen molar-refractivity contribution in [2.24, 2.45) is 0 Å². The lowest BCUT2D eigenvalue weighted by Crippen LogP contribution is -2.46. The number of carbonyl (C=O) groups is 1. The zero-order valence-corrected chi connectivity index (χ0v) is 23.0. The van der Waals surface area contributed by atoms with E-state index in [2.05, 4.69) is 10.3 Å². The van der Waals surface area contributed by atoms with Gasteiger partial charge in [0.15, 0.2) is 0 Å². The van der Waals surface area contributed by atoms with Crippen LogP contribution in [0.3, 0.4) is 0 Å². The molecule has 3 aliphatic rings. The number of rotatable bonds is 5. The monoisotopic (exact) mass is 543 g/mol. The highest BCUT2D eigenvalue weighted by Gasteiger charge is 2.32. The molecule has 1 amide bonds. The number of aromatic nitrogens is 1. The molecule has 10 heteroatoms. The highest BCUT2D eigenvalue weighted by atomic mass is 32.1. The molecule has 0 saturated carbocycles. The lowest BCUT2D eigenvalue weighted by molar-refractivity contribution is -0.128. The smallest absolute Gasteiger partial charge is 0.264 e. The highest BCUT2D eigenvalue weighted by molar-refractivity contribution is 7.15. The summed E-state index contributed by atoms with van der Waals surface area (Å²) in [6.07, 6.45) is 1.35.